The van der Waals surface area contributed by atoms with E-state index in [1.807, 2.05) is 0 Å². The summed E-state index contributed by atoms with van der Waals surface area (Å²) in [5.41, 5.74) is 0.481. The van der Waals surface area contributed by atoms with Gasteiger partial charge in [-0.2, -0.15) is 13.2 Å². The topological polar surface area (TPSA) is 68.1 Å². The summed E-state index contributed by atoms with van der Waals surface area (Å²) in [6.45, 7) is 0. The Morgan fingerprint density at radius 3 is 2.50 bits per heavy atom. The van der Waals surface area contributed by atoms with E-state index >= 15 is 0 Å². The summed E-state index contributed by atoms with van der Waals surface area (Å²) in [5.74, 6) is -2.15. The molecule has 8 heteroatoms. The molecule has 3 rings (SSSR count). The quantitative estimate of drug-likeness (QED) is 0.688. The van der Waals surface area contributed by atoms with Crippen molar-refractivity contribution in [3.05, 3.63) is 34.5 Å². The zero-order chi connectivity index (χ0) is 14.5. The first kappa shape index (κ1) is 12.5. The maximum Gasteiger partial charge on any atom is 0.434 e. The normalized spacial score (nSPS) is 20.4. The van der Waals surface area contributed by atoms with E-state index in [-0.39, 0.29) is 16.5 Å². The van der Waals surface area contributed by atoms with Crippen LogP contribution in [-0.2, 0) is 9.59 Å². The van der Waals surface area contributed by atoms with Gasteiger partial charge in [-0.1, -0.05) is 0 Å². The van der Waals surface area contributed by atoms with Crippen LogP contribution < -0.4 is 15.5 Å². The monoisotopic (exact) mass is 282 g/mol. The molecular weight excluding hydrogens is 277 g/mol. The van der Waals surface area contributed by atoms with Crippen LogP contribution in [0.3, 0.4) is 0 Å². The number of alkyl halides is 3. The summed E-state index contributed by atoms with van der Waals surface area (Å²) >= 11 is 0. The molecule has 0 aliphatic carbocycles. The highest BCUT2D eigenvalue weighted by atomic mass is 19.4. The average Bonchev–Trinajstić information content (AvgIpc) is 2.34. The van der Waals surface area contributed by atoms with E-state index in [2.05, 4.69) is 14.7 Å². The number of carbonyl (C=O) groups excluding carboxylic acids is 2. The summed E-state index contributed by atoms with van der Waals surface area (Å²) in [5, 5.41) is 0.171. The van der Waals surface area contributed by atoms with Crippen molar-refractivity contribution in [2.45, 2.75) is 12.3 Å². The van der Waals surface area contributed by atoms with Crippen molar-refractivity contribution >= 4 is 17.9 Å². The van der Waals surface area contributed by atoms with Crippen LogP contribution in [0.1, 0.15) is 5.56 Å². The molecule has 5 nitrogen and oxygen atoms in total. The largest absolute Gasteiger partial charge is 0.468 e. The molecule has 0 radical (unpaired) electrons. The van der Waals surface area contributed by atoms with Gasteiger partial charge in [-0.05, 0) is 12.1 Å². The van der Waals surface area contributed by atoms with Crippen LogP contribution in [0.25, 0.3) is 6.08 Å². The average molecular weight is 282 g/mol. The maximum absolute atomic E-state index is 12.6. The fraction of sp³-hybridized carbons (Fsp3) is 0.167. The Bertz CT molecular complexity index is 780. The Hall–Kier alpha value is -2.51. The van der Waals surface area contributed by atoms with E-state index in [9.17, 15) is 22.8 Å². The molecule has 102 valence electrons. The van der Waals surface area contributed by atoms with Gasteiger partial charge in [0, 0.05) is 17.7 Å². The summed E-state index contributed by atoms with van der Waals surface area (Å²) in [6, 6.07) is 2.52. The highest BCUT2D eigenvalue weighted by Gasteiger charge is 2.48. The molecule has 0 spiro atoms. The number of halogens is 3. The van der Waals surface area contributed by atoms with Crippen molar-refractivity contribution < 1.29 is 27.5 Å². The van der Waals surface area contributed by atoms with Crippen molar-refractivity contribution in [1.82, 2.24) is 0 Å². The standard InChI is InChI=1S/C12H5F3N2O3/c13-12(14,15)10-11(19)17-7-3-5-1-2-9(18)16-6(5)4-8(7)20-10/h1-4,10H. The van der Waals surface area contributed by atoms with Gasteiger partial charge in [-0.15, -0.1) is 0 Å². The predicted octanol–water partition coefficient (Wildman–Crippen LogP) is 0.329. The van der Waals surface area contributed by atoms with E-state index in [0.29, 0.717) is 5.56 Å². The fourth-order valence-corrected chi connectivity index (χ4v) is 1.86. The Labute approximate surface area is 109 Å². The second-order valence-corrected chi connectivity index (χ2v) is 4.15. The number of ether oxygens (including phenoxy) is 1. The van der Waals surface area contributed by atoms with Gasteiger partial charge in [-0.25, -0.2) is 9.98 Å². The zero-order valence-electron chi connectivity index (χ0n) is 9.64. The second kappa shape index (κ2) is 3.99. The molecule has 0 saturated heterocycles. The maximum atomic E-state index is 12.6. The van der Waals surface area contributed by atoms with E-state index in [0.717, 1.165) is 0 Å². The Balaban J connectivity index is 2.17. The Morgan fingerprint density at radius 2 is 1.80 bits per heavy atom. The van der Waals surface area contributed by atoms with Crippen molar-refractivity contribution in [2.75, 3.05) is 0 Å². The fourth-order valence-electron chi connectivity index (χ4n) is 1.86. The molecular formula is C12H5F3N2O3. The van der Waals surface area contributed by atoms with E-state index < -0.39 is 24.1 Å². The van der Waals surface area contributed by atoms with E-state index in [1.165, 1.54) is 24.3 Å². The van der Waals surface area contributed by atoms with Crippen LogP contribution in [-0.4, -0.2) is 24.1 Å². The summed E-state index contributed by atoms with van der Waals surface area (Å²) in [7, 11) is 0. The molecule has 2 heterocycles. The molecule has 1 atom stereocenters. The Kier molecular flexibility index (Phi) is 2.50. The third kappa shape index (κ3) is 1.98. The number of hydrogen-bond donors (Lipinski definition) is 0. The molecule has 1 unspecified atom stereocenters. The summed E-state index contributed by atoms with van der Waals surface area (Å²) in [6.07, 6.45) is -4.82. The van der Waals surface area contributed by atoms with Crippen LogP contribution in [0.4, 0.5) is 13.2 Å². The van der Waals surface area contributed by atoms with Crippen LogP contribution in [0, 0.1) is 0 Å². The molecule has 0 bridgehead atoms. The molecule has 2 aliphatic heterocycles. The zero-order valence-corrected chi connectivity index (χ0v) is 9.64. The highest BCUT2D eigenvalue weighted by molar-refractivity contribution is 5.94. The smallest absolute Gasteiger partial charge is 0.434 e. The van der Waals surface area contributed by atoms with Crippen LogP contribution in [0.15, 0.2) is 28.2 Å². The molecule has 1 aromatic carbocycles. The van der Waals surface area contributed by atoms with Crippen molar-refractivity contribution in [3.63, 3.8) is 0 Å². The number of amides is 2. The SMILES string of the molecule is O=C1C=Cc2cc3c(cc2=N1)OC(C(F)(F)F)C(=O)N=3. The van der Waals surface area contributed by atoms with E-state index in [1.54, 1.807) is 0 Å². The lowest BCUT2D eigenvalue weighted by Crippen LogP contribution is -2.45. The summed E-state index contributed by atoms with van der Waals surface area (Å²) < 4.78 is 42.4. The lowest BCUT2D eigenvalue weighted by atomic mass is 10.1. The van der Waals surface area contributed by atoms with Crippen molar-refractivity contribution in [1.29, 1.82) is 0 Å². The van der Waals surface area contributed by atoms with Gasteiger partial charge in [0.15, 0.2) is 0 Å². The molecule has 1 aromatic rings. The number of nitrogens with zero attached hydrogens (tertiary/aromatic N) is 2. The van der Waals surface area contributed by atoms with Crippen LogP contribution >= 0.6 is 0 Å². The van der Waals surface area contributed by atoms with Gasteiger partial charge in [0.25, 0.3) is 17.9 Å². The van der Waals surface area contributed by atoms with Crippen molar-refractivity contribution in [3.8, 4) is 5.75 Å². The first-order chi connectivity index (χ1) is 9.34. The molecule has 0 fully saturated rings. The second-order valence-electron chi connectivity index (χ2n) is 4.15. The third-order valence-corrected chi connectivity index (χ3v) is 2.74. The van der Waals surface area contributed by atoms with Gasteiger partial charge < -0.3 is 4.74 Å². The van der Waals surface area contributed by atoms with Crippen LogP contribution in [0.2, 0.25) is 0 Å². The Morgan fingerprint density at radius 1 is 1.05 bits per heavy atom. The molecule has 2 amide bonds. The van der Waals surface area contributed by atoms with Gasteiger partial charge in [0.05, 0.1) is 5.36 Å². The number of carbonyl (C=O) groups is 2. The lowest BCUT2D eigenvalue weighted by Gasteiger charge is -2.22. The first-order valence-electron chi connectivity index (χ1n) is 5.45. The van der Waals surface area contributed by atoms with Gasteiger partial charge >= 0.3 is 6.18 Å². The van der Waals surface area contributed by atoms with Gasteiger partial charge in [0.1, 0.15) is 11.1 Å². The van der Waals surface area contributed by atoms with Gasteiger partial charge in [-0.3, -0.25) is 9.59 Å². The number of hydrogen-bond acceptors (Lipinski definition) is 3. The molecule has 0 saturated carbocycles. The third-order valence-electron chi connectivity index (χ3n) is 2.74. The minimum absolute atomic E-state index is 0.0107. The van der Waals surface area contributed by atoms with E-state index in [4.69, 9.17) is 0 Å². The number of fused-ring (bicyclic) bond motifs is 2. The van der Waals surface area contributed by atoms with Gasteiger partial charge in [0.2, 0.25) is 0 Å². The summed E-state index contributed by atoms with van der Waals surface area (Å²) in [4.78, 5) is 29.5. The molecule has 2 aliphatic rings. The molecule has 0 N–H and O–H groups in total. The van der Waals surface area contributed by atoms with Crippen molar-refractivity contribution in [2.24, 2.45) is 9.98 Å². The minimum atomic E-state index is -4.85. The lowest BCUT2D eigenvalue weighted by molar-refractivity contribution is -0.198. The highest BCUT2D eigenvalue weighted by Crippen LogP contribution is 2.26. The molecule has 20 heavy (non-hydrogen) atoms. The predicted molar refractivity (Wildman–Crippen MR) is 58.3 cm³/mol. The minimum Gasteiger partial charge on any atom is -0.468 e. The number of rotatable bonds is 0. The first-order valence-corrected chi connectivity index (χ1v) is 5.45. The molecule has 0 aromatic heterocycles. The van der Waals surface area contributed by atoms with Crippen LogP contribution in [0.5, 0.6) is 5.75 Å². The number of benzene rings is 1.